The van der Waals surface area contributed by atoms with Crippen molar-refractivity contribution in [3.8, 4) is 0 Å². The lowest BCUT2D eigenvalue weighted by molar-refractivity contribution is -0.142. The highest BCUT2D eigenvalue weighted by Gasteiger charge is 2.33. The molecular formula is C14H19ClN2O2. The van der Waals surface area contributed by atoms with Gasteiger partial charge in [-0.2, -0.15) is 0 Å². The lowest BCUT2D eigenvalue weighted by Gasteiger charge is -2.28. The topological polar surface area (TPSA) is 55.6 Å². The average molecular weight is 283 g/mol. The minimum Gasteiger partial charge on any atom is -0.370 e. The molecule has 0 aromatic heterocycles. The SMILES string of the molecule is COC(CN)C(=O)N1CCCC1c1cccc(Cl)c1. The van der Waals surface area contributed by atoms with Gasteiger partial charge in [0.05, 0.1) is 6.04 Å². The Kier molecular flexibility index (Phi) is 4.80. The smallest absolute Gasteiger partial charge is 0.253 e. The van der Waals surface area contributed by atoms with E-state index in [4.69, 9.17) is 22.1 Å². The molecule has 1 aliphatic rings. The number of rotatable bonds is 4. The van der Waals surface area contributed by atoms with Gasteiger partial charge in [0, 0.05) is 25.2 Å². The van der Waals surface area contributed by atoms with E-state index in [0.717, 1.165) is 24.9 Å². The predicted octanol–water partition coefficient (Wildman–Crippen LogP) is 1.98. The fourth-order valence-electron chi connectivity index (χ4n) is 2.57. The summed E-state index contributed by atoms with van der Waals surface area (Å²) in [5.41, 5.74) is 6.64. The Morgan fingerprint density at radius 1 is 1.63 bits per heavy atom. The van der Waals surface area contributed by atoms with Crippen LogP contribution in [-0.4, -0.2) is 37.1 Å². The van der Waals surface area contributed by atoms with Crippen molar-refractivity contribution in [1.29, 1.82) is 0 Å². The first-order valence-corrected chi connectivity index (χ1v) is 6.84. The Labute approximate surface area is 118 Å². The molecular weight excluding hydrogens is 264 g/mol. The van der Waals surface area contributed by atoms with Gasteiger partial charge in [-0.15, -0.1) is 0 Å². The zero-order valence-electron chi connectivity index (χ0n) is 11.0. The van der Waals surface area contributed by atoms with E-state index >= 15 is 0 Å². The normalized spacial score (nSPS) is 20.6. The number of carbonyl (C=O) groups is 1. The number of nitrogens with two attached hydrogens (primary N) is 1. The van der Waals surface area contributed by atoms with Crippen LogP contribution in [0.25, 0.3) is 0 Å². The maximum absolute atomic E-state index is 12.4. The van der Waals surface area contributed by atoms with Crippen LogP contribution in [0.2, 0.25) is 5.02 Å². The van der Waals surface area contributed by atoms with Crippen molar-refractivity contribution in [1.82, 2.24) is 4.90 Å². The number of carbonyl (C=O) groups excluding carboxylic acids is 1. The van der Waals surface area contributed by atoms with E-state index in [2.05, 4.69) is 0 Å². The molecule has 1 fully saturated rings. The van der Waals surface area contributed by atoms with Gasteiger partial charge in [-0.3, -0.25) is 4.79 Å². The fraction of sp³-hybridized carbons (Fsp3) is 0.500. The maximum atomic E-state index is 12.4. The molecule has 104 valence electrons. The second-order valence-corrected chi connectivity index (χ2v) is 5.14. The van der Waals surface area contributed by atoms with Gasteiger partial charge in [-0.05, 0) is 30.5 Å². The van der Waals surface area contributed by atoms with E-state index < -0.39 is 6.10 Å². The van der Waals surface area contributed by atoms with E-state index in [0.29, 0.717) is 5.02 Å². The molecule has 0 saturated carbocycles. The minimum absolute atomic E-state index is 0.0347. The van der Waals surface area contributed by atoms with Gasteiger partial charge in [0.15, 0.2) is 0 Å². The number of nitrogens with zero attached hydrogens (tertiary/aromatic N) is 1. The summed E-state index contributed by atoms with van der Waals surface area (Å²) in [4.78, 5) is 14.2. The van der Waals surface area contributed by atoms with E-state index in [1.807, 2.05) is 29.2 Å². The first-order valence-electron chi connectivity index (χ1n) is 6.46. The Morgan fingerprint density at radius 2 is 2.42 bits per heavy atom. The number of methoxy groups -OCH3 is 1. The number of halogens is 1. The van der Waals surface area contributed by atoms with Crippen LogP contribution in [0.5, 0.6) is 0 Å². The van der Waals surface area contributed by atoms with E-state index in [-0.39, 0.29) is 18.5 Å². The summed E-state index contributed by atoms with van der Waals surface area (Å²) in [6, 6.07) is 7.75. The largest absolute Gasteiger partial charge is 0.370 e. The molecule has 0 aliphatic carbocycles. The monoisotopic (exact) mass is 282 g/mol. The van der Waals surface area contributed by atoms with Gasteiger partial charge in [-0.1, -0.05) is 23.7 Å². The second-order valence-electron chi connectivity index (χ2n) is 4.70. The van der Waals surface area contributed by atoms with Crippen molar-refractivity contribution >= 4 is 17.5 Å². The summed E-state index contributed by atoms with van der Waals surface area (Å²) in [6.45, 7) is 0.948. The first kappa shape index (κ1) is 14.3. The van der Waals surface area contributed by atoms with Crippen molar-refractivity contribution in [3.63, 3.8) is 0 Å². The summed E-state index contributed by atoms with van der Waals surface area (Å²) in [5.74, 6) is -0.0347. The first-order chi connectivity index (χ1) is 9.17. The molecule has 2 unspecified atom stereocenters. The molecule has 2 atom stereocenters. The van der Waals surface area contributed by atoms with E-state index in [1.54, 1.807) is 0 Å². The highest BCUT2D eigenvalue weighted by Crippen LogP contribution is 2.33. The number of ether oxygens (including phenoxy) is 1. The van der Waals surface area contributed by atoms with E-state index in [1.165, 1.54) is 7.11 Å². The van der Waals surface area contributed by atoms with Crippen LogP contribution in [0, 0.1) is 0 Å². The van der Waals surface area contributed by atoms with Crippen molar-refractivity contribution < 1.29 is 9.53 Å². The Morgan fingerprint density at radius 3 is 3.05 bits per heavy atom. The van der Waals surface area contributed by atoms with Gasteiger partial charge >= 0.3 is 0 Å². The predicted molar refractivity (Wildman–Crippen MR) is 75.0 cm³/mol. The van der Waals surface area contributed by atoms with Crippen molar-refractivity contribution in [2.75, 3.05) is 20.2 Å². The highest BCUT2D eigenvalue weighted by atomic mass is 35.5. The third-order valence-electron chi connectivity index (χ3n) is 3.54. The fourth-order valence-corrected chi connectivity index (χ4v) is 2.77. The quantitative estimate of drug-likeness (QED) is 0.919. The van der Waals surface area contributed by atoms with Crippen LogP contribution in [0.1, 0.15) is 24.4 Å². The average Bonchev–Trinajstić information content (AvgIpc) is 2.89. The molecule has 0 spiro atoms. The number of likely N-dealkylation sites (tertiary alicyclic amines) is 1. The Hall–Kier alpha value is -1.10. The summed E-state index contributed by atoms with van der Waals surface area (Å²) >= 11 is 6.02. The number of hydrogen-bond donors (Lipinski definition) is 1. The minimum atomic E-state index is -0.556. The molecule has 5 heteroatoms. The molecule has 2 N–H and O–H groups in total. The molecule has 2 rings (SSSR count). The molecule has 1 amide bonds. The van der Waals surface area contributed by atoms with Crippen LogP contribution in [-0.2, 0) is 9.53 Å². The third kappa shape index (κ3) is 3.08. The summed E-state index contributed by atoms with van der Waals surface area (Å²) < 4.78 is 5.14. The third-order valence-corrected chi connectivity index (χ3v) is 3.78. The molecule has 1 aromatic carbocycles. The molecule has 0 radical (unpaired) electrons. The molecule has 1 saturated heterocycles. The van der Waals surface area contributed by atoms with Crippen LogP contribution in [0.3, 0.4) is 0 Å². The van der Waals surface area contributed by atoms with Gasteiger partial charge in [-0.25, -0.2) is 0 Å². The second kappa shape index (κ2) is 6.37. The summed E-state index contributed by atoms with van der Waals surface area (Å²) in [5, 5.41) is 0.693. The van der Waals surface area contributed by atoms with Gasteiger partial charge < -0.3 is 15.4 Å². The van der Waals surface area contributed by atoms with Crippen molar-refractivity contribution in [2.45, 2.75) is 25.0 Å². The number of amides is 1. The number of hydrogen-bond acceptors (Lipinski definition) is 3. The Bertz CT molecular complexity index is 449. The number of benzene rings is 1. The maximum Gasteiger partial charge on any atom is 0.253 e. The summed E-state index contributed by atoms with van der Waals surface area (Å²) in [6.07, 6.45) is 1.39. The Balaban J connectivity index is 2.19. The van der Waals surface area contributed by atoms with Crippen molar-refractivity contribution in [2.24, 2.45) is 5.73 Å². The molecule has 0 bridgehead atoms. The molecule has 1 aliphatic heterocycles. The summed E-state index contributed by atoms with van der Waals surface area (Å²) in [7, 11) is 1.51. The molecule has 1 aromatic rings. The van der Waals surface area contributed by atoms with E-state index in [9.17, 15) is 4.79 Å². The lowest BCUT2D eigenvalue weighted by Crippen LogP contribution is -2.43. The van der Waals surface area contributed by atoms with Crippen LogP contribution >= 0.6 is 11.6 Å². The van der Waals surface area contributed by atoms with Gasteiger partial charge in [0.2, 0.25) is 0 Å². The molecule has 4 nitrogen and oxygen atoms in total. The highest BCUT2D eigenvalue weighted by molar-refractivity contribution is 6.30. The molecule has 1 heterocycles. The standard InChI is InChI=1S/C14H19ClN2O2/c1-19-13(9-16)14(18)17-7-3-6-12(17)10-4-2-5-11(15)8-10/h2,4-5,8,12-13H,3,6-7,9,16H2,1H3. The zero-order valence-corrected chi connectivity index (χ0v) is 11.8. The lowest BCUT2D eigenvalue weighted by atomic mass is 10.0. The van der Waals surface area contributed by atoms with Gasteiger partial charge in [0.25, 0.3) is 5.91 Å². The van der Waals surface area contributed by atoms with Crippen LogP contribution in [0.15, 0.2) is 24.3 Å². The van der Waals surface area contributed by atoms with Crippen LogP contribution in [0.4, 0.5) is 0 Å². The van der Waals surface area contributed by atoms with Gasteiger partial charge in [0.1, 0.15) is 6.10 Å². The van der Waals surface area contributed by atoms with Crippen molar-refractivity contribution in [3.05, 3.63) is 34.9 Å². The zero-order chi connectivity index (χ0) is 13.8. The van der Waals surface area contributed by atoms with Crippen LogP contribution < -0.4 is 5.73 Å². The molecule has 19 heavy (non-hydrogen) atoms.